The Morgan fingerprint density at radius 3 is 2.74 bits per heavy atom. The lowest BCUT2D eigenvalue weighted by Gasteiger charge is -2.19. The Balaban J connectivity index is 1.45. The zero-order valence-corrected chi connectivity index (χ0v) is 17.9. The van der Waals surface area contributed by atoms with E-state index in [0.29, 0.717) is 17.1 Å². The number of aryl methyl sites for hydroxylation is 3. The van der Waals surface area contributed by atoms with Crippen molar-refractivity contribution in [2.45, 2.75) is 38.1 Å². The number of rotatable bonds is 8. The lowest BCUT2D eigenvalue weighted by Crippen LogP contribution is -2.31. The van der Waals surface area contributed by atoms with E-state index in [4.69, 9.17) is 4.74 Å². The number of carbonyl (C=O) groups excluding carboxylic acids is 2. The largest absolute Gasteiger partial charge is 0.497 e. The van der Waals surface area contributed by atoms with E-state index in [0.717, 1.165) is 24.8 Å². The van der Waals surface area contributed by atoms with Crippen molar-refractivity contribution < 1.29 is 14.3 Å². The first-order valence-electron chi connectivity index (χ1n) is 10.6. The van der Waals surface area contributed by atoms with Crippen LogP contribution in [0.4, 0.5) is 0 Å². The average molecular weight is 418 g/mol. The molecule has 1 unspecified atom stereocenters. The summed E-state index contributed by atoms with van der Waals surface area (Å²) in [7, 11) is 3.50. The number of imidazole rings is 1. The summed E-state index contributed by atoms with van der Waals surface area (Å²) >= 11 is 0. The van der Waals surface area contributed by atoms with Crippen LogP contribution < -0.4 is 10.1 Å². The van der Waals surface area contributed by atoms with E-state index in [9.17, 15) is 9.59 Å². The van der Waals surface area contributed by atoms with Crippen molar-refractivity contribution in [1.82, 2.24) is 14.9 Å². The molecule has 6 nitrogen and oxygen atoms in total. The summed E-state index contributed by atoms with van der Waals surface area (Å²) in [5.41, 5.74) is 4.17. The van der Waals surface area contributed by atoms with Crippen molar-refractivity contribution in [2.24, 2.45) is 7.05 Å². The molecule has 1 aliphatic rings. The average Bonchev–Trinajstić information content (AvgIpc) is 3.44. The standard InChI is InChI=1S/C25H27N3O3/c1-28-14-13-26-25(28)24(20-7-4-8-21(16-20)31-2)27-23(30)12-11-22(29)19-10-9-17-5-3-6-18(17)15-19/h4,7-10,13-16,24H,3,5-6,11-12H2,1-2H3,(H,27,30). The number of nitrogens with one attached hydrogen (secondary N) is 1. The number of aromatic nitrogens is 2. The Kier molecular flexibility index (Phi) is 6.16. The summed E-state index contributed by atoms with van der Waals surface area (Å²) in [4.78, 5) is 29.9. The van der Waals surface area contributed by atoms with Crippen LogP contribution in [-0.2, 0) is 24.7 Å². The highest BCUT2D eigenvalue weighted by atomic mass is 16.5. The van der Waals surface area contributed by atoms with E-state index < -0.39 is 6.04 Å². The minimum Gasteiger partial charge on any atom is -0.497 e. The summed E-state index contributed by atoms with van der Waals surface area (Å²) < 4.78 is 7.21. The van der Waals surface area contributed by atoms with Gasteiger partial charge in [0.25, 0.3) is 0 Å². The van der Waals surface area contributed by atoms with Gasteiger partial charge in [-0.05, 0) is 54.2 Å². The molecule has 0 saturated carbocycles. The number of carbonyl (C=O) groups is 2. The van der Waals surface area contributed by atoms with Gasteiger partial charge in [-0.25, -0.2) is 4.98 Å². The van der Waals surface area contributed by atoms with Gasteiger partial charge in [0.1, 0.15) is 17.6 Å². The van der Waals surface area contributed by atoms with Gasteiger partial charge in [0.15, 0.2) is 5.78 Å². The van der Waals surface area contributed by atoms with Crippen molar-refractivity contribution >= 4 is 11.7 Å². The lowest BCUT2D eigenvalue weighted by atomic mass is 10.0. The number of fused-ring (bicyclic) bond motifs is 1. The quantitative estimate of drug-likeness (QED) is 0.566. The Hall–Kier alpha value is -3.41. The van der Waals surface area contributed by atoms with Crippen LogP contribution in [0.25, 0.3) is 0 Å². The van der Waals surface area contributed by atoms with Crippen molar-refractivity contribution in [3.05, 3.63) is 82.9 Å². The summed E-state index contributed by atoms with van der Waals surface area (Å²) in [5.74, 6) is 1.23. The second-order valence-electron chi connectivity index (χ2n) is 7.93. The third-order valence-corrected chi connectivity index (χ3v) is 5.85. The Bertz CT molecular complexity index is 1100. The molecular weight excluding hydrogens is 390 g/mol. The number of methoxy groups -OCH3 is 1. The van der Waals surface area contributed by atoms with E-state index >= 15 is 0 Å². The van der Waals surface area contributed by atoms with Gasteiger partial charge in [-0.15, -0.1) is 0 Å². The van der Waals surface area contributed by atoms with Crippen LogP contribution >= 0.6 is 0 Å². The molecule has 31 heavy (non-hydrogen) atoms. The van der Waals surface area contributed by atoms with Gasteiger partial charge in [-0.3, -0.25) is 9.59 Å². The van der Waals surface area contributed by atoms with E-state index in [1.165, 1.54) is 11.1 Å². The molecule has 2 aromatic carbocycles. The van der Waals surface area contributed by atoms with Crippen LogP contribution in [0.1, 0.15) is 58.2 Å². The smallest absolute Gasteiger partial charge is 0.221 e. The van der Waals surface area contributed by atoms with Crippen molar-refractivity contribution in [2.75, 3.05) is 7.11 Å². The molecule has 1 atom stereocenters. The third kappa shape index (κ3) is 4.68. The molecule has 3 aromatic rings. The normalized spacial score (nSPS) is 13.5. The maximum absolute atomic E-state index is 12.8. The van der Waals surface area contributed by atoms with Crippen LogP contribution in [0.3, 0.4) is 0 Å². The monoisotopic (exact) mass is 417 g/mol. The van der Waals surface area contributed by atoms with Crippen molar-refractivity contribution in [3.63, 3.8) is 0 Å². The number of Topliss-reactive ketones (excluding diaryl/α,β-unsaturated/α-hetero) is 1. The third-order valence-electron chi connectivity index (χ3n) is 5.85. The van der Waals surface area contributed by atoms with Crippen LogP contribution in [0.15, 0.2) is 54.9 Å². The molecule has 0 aliphatic heterocycles. The molecule has 160 valence electrons. The van der Waals surface area contributed by atoms with Gasteiger partial charge in [0.2, 0.25) is 5.91 Å². The van der Waals surface area contributed by atoms with Gasteiger partial charge < -0.3 is 14.6 Å². The molecule has 1 aliphatic carbocycles. The van der Waals surface area contributed by atoms with Crippen LogP contribution in [-0.4, -0.2) is 28.4 Å². The Morgan fingerprint density at radius 1 is 1.13 bits per heavy atom. The van der Waals surface area contributed by atoms with Crippen LogP contribution in [0.5, 0.6) is 5.75 Å². The highest BCUT2D eigenvalue weighted by Crippen LogP contribution is 2.25. The van der Waals surface area contributed by atoms with Gasteiger partial charge in [0.05, 0.1) is 7.11 Å². The number of hydrogen-bond acceptors (Lipinski definition) is 4. The van der Waals surface area contributed by atoms with Gasteiger partial charge >= 0.3 is 0 Å². The molecule has 0 saturated heterocycles. The highest BCUT2D eigenvalue weighted by molar-refractivity contribution is 5.98. The fraction of sp³-hybridized carbons (Fsp3) is 0.320. The first kappa shape index (κ1) is 20.8. The number of amides is 1. The minimum atomic E-state index is -0.433. The van der Waals surface area contributed by atoms with Gasteiger partial charge in [0, 0.05) is 37.8 Å². The predicted octanol–water partition coefficient (Wildman–Crippen LogP) is 3.79. The number of benzene rings is 2. The number of hydrogen-bond donors (Lipinski definition) is 1. The summed E-state index contributed by atoms with van der Waals surface area (Å²) in [6.07, 6.45) is 7.11. The molecule has 0 bridgehead atoms. The summed E-state index contributed by atoms with van der Waals surface area (Å²) in [5, 5.41) is 3.05. The first-order valence-corrected chi connectivity index (χ1v) is 10.6. The zero-order chi connectivity index (χ0) is 21.8. The molecular formula is C25H27N3O3. The molecule has 0 spiro atoms. The lowest BCUT2D eigenvalue weighted by molar-refractivity contribution is -0.121. The summed E-state index contributed by atoms with van der Waals surface area (Å²) in [6, 6.07) is 13.1. The maximum atomic E-state index is 12.8. The maximum Gasteiger partial charge on any atom is 0.221 e. The van der Waals surface area contributed by atoms with Gasteiger partial charge in [-0.1, -0.05) is 24.3 Å². The van der Waals surface area contributed by atoms with E-state index in [2.05, 4.69) is 16.4 Å². The van der Waals surface area contributed by atoms with E-state index in [1.54, 1.807) is 13.3 Å². The summed E-state index contributed by atoms with van der Waals surface area (Å²) in [6.45, 7) is 0. The molecule has 1 N–H and O–H groups in total. The molecule has 6 heteroatoms. The minimum absolute atomic E-state index is 0.000211. The second kappa shape index (κ2) is 9.16. The SMILES string of the molecule is COc1cccc(C(NC(=O)CCC(=O)c2ccc3c(c2)CCC3)c2nccn2C)c1. The van der Waals surface area contributed by atoms with Crippen LogP contribution in [0.2, 0.25) is 0 Å². The number of ketones is 1. The van der Waals surface area contributed by atoms with E-state index in [-0.39, 0.29) is 24.5 Å². The van der Waals surface area contributed by atoms with Crippen molar-refractivity contribution in [3.8, 4) is 5.75 Å². The fourth-order valence-corrected chi connectivity index (χ4v) is 4.12. The molecule has 0 radical (unpaired) electrons. The molecule has 1 aromatic heterocycles. The Labute approximate surface area is 182 Å². The molecule has 1 heterocycles. The van der Waals surface area contributed by atoms with Crippen LogP contribution in [0, 0.1) is 0 Å². The predicted molar refractivity (Wildman–Crippen MR) is 118 cm³/mol. The molecule has 4 rings (SSSR count). The molecule has 0 fully saturated rings. The Morgan fingerprint density at radius 2 is 1.97 bits per heavy atom. The zero-order valence-electron chi connectivity index (χ0n) is 17.9. The second-order valence-corrected chi connectivity index (χ2v) is 7.93. The van der Waals surface area contributed by atoms with E-state index in [1.807, 2.05) is 54.2 Å². The number of nitrogens with zero attached hydrogens (tertiary/aromatic N) is 2. The first-order chi connectivity index (χ1) is 15.0. The highest BCUT2D eigenvalue weighted by Gasteiger charge is 2.22. The number of ether oxygens (including phenoxy) is 1. The van der Waals surface area contributed by atoms with Gasteiger partial charge in [-0.2, -0.15) is 0 Å². The fourth-order valence-electron chi connectivity index (χ4n) is 4.12. The topological polar surface area (TPSA) is 73.2 Å². The van der Waals surface area contributed by atoms with Crippen molar-refractivity contribution in [1.29, 1.82) is 0 Å². The molecule has 1 amide bonds.